The Labute approximate surface area is 183 Å². The summed E-state index contributed by atoms with van der Waals surface area (Å²) >= 11 is 3.48. The molecule has 0 bridgehead atoms. The third-order valence-electron chi connectivity index (χ3n) is 5.45. The number of aromatic nitrogens is 1. The van der Waals surface area contributed by atoms with Crippen LogP contribution < -0.4 is 0 Å². The molecule has 1 aromatic heterocycles. The lowest BCUT2D eigenvalue weighted by molar-refractivity contribution is 0.0995. The molecule has 0 aliphatic carbocycles. The topological polar surface area (TPSA) is 73.4 Å². The minimum absolute atomic E-state index is 0.0162. The molecule has 1 amide bonds. The summed E-state index contributed by atoms with van der Waals surface area (Å²) in [7, 11) is 2.11. The lowest BCUT2D eigenvalue weighted by atomic mass is 10.1. The quantitative estimate of drug-likeness (QED) is 0.568. The van der Waals surface area contributed by atoms with Crippen molar-refractivity contribution in [3.05, 3.63) is 58.1 Å². The molecule has 0 saturated carbocycles. The summed E-state index contributed by atoms with van der Waals surface area (Å²) in [6, 6.07) is 12.9. The number of piperazine rings is 1. The van der Waals surface area contributed by atoms with Gasteiger partial charge in [0.1, 0.15) is 0 Å². The number of azo groups is 1. The zero-order valence-corrected chi connectivity index (χ0v) is 18.6. The van der Waals surface area contributed by atoms with Crippen LogP contribution in [-0.4, -0.2) is 58.6 Å². The standard InChI is InChI=1S/C22H24BrN5O2/c1-15-3-5-16(6-4-15)21(29)25-24-20-18-13-17(23)7-8-19(18)28(22(20)30)14-27-11-9-26(2)10-12-27/h3-8,13,30H,9-12,14H2,1-2H3. The SMILES string of the molecule is Cc1ccc(C(=O)N=Nc2c(O)n(CN3CCN(C)CC3)c3ccc(Br)cc23)cc1. The van der Waals surface area contributed by atoms with E-state index in [1.54, 1.807) is 12.1 Å². The maximum absolute atomic E-state index is 12.4. The van der Waals surface area contributed by atoms with Gasteiger partial charge >= 0.3 is 0 Å². The number of carbonyl (C=O) groups excluding carboxylic acids is 1. The Kier molecular flexibility index (Phi) is 5.99. The minimum atomic E-state index is -0.440. The van der Waals surface area contributed by atoms with Crippen LogP contribution in [0.15, 0.2) is 57.2 Å². The van der Waals surface area contributed by atoms with E-state index in [4.69, 9.17) is 0 Å². The van der Waals surface area contributed by atoms with Crippen molar-refractivity contribution in [2.24, 2.45) is 10.2 Å². The Morgan fingerprint density at radius 1 is 1.10 bits per heavy atom. The summed E-state index contributed by atoms with van der Waals surface area (Å²) in [5.41, 5.74) is 2.69. The number of likely N-dealkylation sites (N-methyl/N-ethyl adjacent to an activating group) is 1. The van der Waals surface area contributed by atoms with E-state index in [2.05, 4.69) is 43.0 Å². The van der Waals surface area contributed by atoms with Crippen LogP contribution in [0.25, 0.3) is 10.9 Å². The van der Waals surface area contributed by atoms with Gasteiger partial charge in [-0.1, -0.05) is 33.6 Å². The summed E-state index contributed by atoms with van der Waals surface area (Å²) in [5.74, 6) is -0.424. The maximum Gasteiger partial charge on any atom is 0.295 e. The normalized spacial score (nSPS) is 16.0. The largest absolute Gasteiger partial charge is 0.493 e. The summed E-state index contributed by atoms with van der Waals surface area (Å²) in [4.78, 5) is 17.0. The molecule has 0 radical (unpaired) electrons. The van der Waals surface area contributed by atoms with Crippen molar-refractivity contribution in [1.82, 2.24) is 14.4 Å². The zero-order valence-electron chi connectivity index (χ0n) is 17.0. The first kappa shape index (κ1) is 20.7. The fourth-order valence-corrected chi connectivity index (χ4v) is 3.94. The summed E-state index contributed by atoms with van der Waals surface area (Å²) in [6.45, 7) is 6.34. The lowest BCUT2D eigenvalue weighted by Gasteiger charge is -2.32. The van der Waals surface area contributed by atoms with Crippen LogP contribution in [-0.2, 0) is 6.67 Å². The van der Waals surface area contributed by atoms with Crippen molar-refractivity contribution < 1.29 is 9.90 Å². The third kappa shape index (κ3) is 4.30. The number of carbonyl (C=O) groups is 1. The molecule has 1 aliphatic rings. The summed E-state index contributed by atoms with van der Waals surface area (Å²) in [6.07, 6.45) is 0. The number of hydrogen-bond acceptors (Lipinski definition) is 5. The second kappa shape index (κ2) is 8.67. The van der Waals surface area contributed by atoms with Gasteiger partial charge in [-0.2, -0.15) is 0 Å². The van der Waals surface area contributed by atoms with Gasteiger partial charge in [-0.05, 0) is 44.3 Å². The second-order valence-corrected chi connectivity index (χ2v) is 8.61. The van der Waals surface area contributed by atoms with Crippen LogP contribution in [0.4, 0.5) is 5.69 Å². The Bertz CT molecular complexity index is 1100. The number of benzene rings is 2. The smallest absolute Gasteiger partial charge is 0.295 e. The monoisotopic (exact) mass is 469 g/mol. The lowest BCUT2D eigenvalue weighted by Crippen LogP contribution is -2.44. The predicted octanol–water partition coefficient (Wildman–Crippen LogP) is 4.55. The highest BCUT2D eigenvalue weighted by atomic mass is 79.9. The van der Waals surface area contributed by atoms with E-state index in [1.807, 2.05) is 41.8 Å². The number of aromatic hydroxyl groups is 1. The van der Waals surface area contributed by atoms with E-state index >= 15 is 0 Å². The Morgan fingerprint density at radius 3 is 2.50 bits per heavy atom. The highest BCUT2D eigenvalue weighted by Gasteiger charge is 2.21. The van der Waals surface area contributed by atoms with Gasteiger partial charge in [0.15, 0.2) is 5.69 Å². The number of aryl methyl sites for hydroxylation is 1. The Morgan fingerprint density at radius 2 is 1.80 bits per heavy atom. The molecule has 2 aromatic carbocycles. The molecule has 1 N–H and O–H groups in total. The van der Waals surface area contributed by atoms with Crippen molar-refractivity contribution >= 4 is 38.4 Å². The maximum atomic E-state index is 12.4. The highest BCUT2D eigenvalue weighted by molar-refractivity contribution is 9.10. The molecule has 3 aromatic rings. The molecule has 1 aliphatic heterocycles. The number of amides is 1. The van der Waals surface area contributed by atoms with E-state index in [1.165, 1.54) is 0 Å². The molecule has 7 nitrogen and oxygen atoms in total. The molecule has 4 rings (SSSR count). The van der Waals surface area contributed by atoms with Gasteiger partial charge in [-0.25, -0.2) is 0 Å². The number of nitrogens with zero attached hydrogens (tertiary/aromatic N) is 5. The molecular formula is C22H24BrN5O2. The van der Waals surface area contributed by atoms with Gasteiger partial charge in [0.25, 0.3) is 5.91 Å². The molecule has 0 spiro atoms. The van der Waals surface area contributed by atoms with Gasteiger partial charge in [-0.3, -0.25) is 14.3 Å². The van der Waals surface area contributed by atoms with Crippen molar-refractivity contribution in [3.63, 3.8) is 0 Å². The van der Waals surface area contributed by atoms with E-state index in [0.29, 0.717) is 17.9 Å². The first-order valence-electron chi connectivity index (χ1n) is 9.87. The van der Waals surface area contributed by atoms with Crippen LogP contribution in [0.2, 0.25) is 0 Å². The molecule has 0 unspecified atom stereocenters. The number of halogens is 1. The zero-order chi connectivity index (χ0) is 21.3. The van der Waals surface area contributed by atoms with E-state index in [9.17, 15) is 9.90 Å². The van der Waals surface area contributed by atoms with Gasteiger partial charge in [-0.15, -0.1) is 10.2 Å². The van der Waals surface area contributed by atoms with Crippen LogP contribution >= 0.6 is 15.9 Å². The number of fused-ring (bicyclic) bond motifs is 1. The van der Waals surface area contributed by atoms with Crippen molar-refractivity contribution in [1.29, 1.82) is 0 Å². The van der Waals surface area contributed by atoms with E-state index in [0.717, 1.165) is 47.1 Å². The van der Waals surface area contributed by atoms with Gasteiger partial charge in [0.05, 0.1) is 12.2 Å². The first-order chi connectivity index (χ1) is 14.4. The minimum Gasteiger partial charge on any atom is -0.493 e. The molecule has 0 atom stereocenters. The molecule has 2 heterocycles. The van der Waals surface area contributed by atoms with Crippen molar-refractivity contribution in [2.75, 3.05) is 33.2 Å². The Hall–Kier alpha value is -2.55. The summed E-state index contributed by atoms with van der Waals surface area (Å²) in [5, 5.41) is 19.7. The van der Waals surface area contributed by atoms with Crippen LogP contribution in [0.1, 0.15) is 15.9 Å². The van der Waals surface area contributed by atoms with Gasteiger partial charge in [0, 0.05) is 41.6 Å². The van der Waals surface area contributed by atoms with Crippen LogP contribution in [0.5, 0.6) is 5.88 Å². The van der Waals surface area contributed by atoms with Crippen LogP contribution in [0.3, 0.4) is 0 Å². The van der Waals surface area contributed by atoms with Gasteiger partial charge < -0.3 is 10.0 Å². The number of rotatable bonds is 4. The van der Waals surface area contributed by atoms with E-state index < -0.39 is 5.91 Å². The Balaban J connectivity index is 1.67. The molecule has 1 fully saturated rings. The fourth-order valence-electron chi connectivity index (χ4n) is 3.58. The average Bonchev–Trinajstić information content (AvgIpc) is 2.98. The van der Waals surface area contributed by atoms with Crippen molar-refractivity contribution in [2.45, 2.75) is 13.6 Å². The fraction of sp³-hybridized carbons (Fsp3) is 0.318. The highest BCUT2D eigenvalue weighted by Crippen LogP contribution is 2.40. The molecule has 156 valence electrons. The molecule has 1 saturated heterocycles. The van der Waals surface area contributed by atoms with Gasteiger partial charge in [0.2, 0.25) is 5.88 Å². The van der Waals surface area contributed by atoms with Crippen molar-refractivity contribution in [3.8, 4) is 5.88 Å². The number of hydrogen-bond donors (Lipinski definition) is 1. The molecular weight excluding hydrogens is 446 g/mol. The third-order valence-corrected chi connectivity index (χ3v) is 5.94. The molecule has 8 heteroatoms. The predicted molar refractivity (Wildman–Crippen MR) is 120 cm³/mol. The van der Waals surface area contributed by atoms with Crippen LogP contribution in [0, 0.1) is 6.92 Å². The average molecular weight is 470 g/mol. The first-order valence-corrected chi connectivity index (χ1v) is 10.7. The van der Waals surface area contributed by atoms with E-state index in [-0.39, 0.29) is 5.88 Å². The molecule has 30 heavy (non-hydrogen) atoms. The summed E-state index contributed by atoms with van der Waals surface area (Å²) < 4.78 is 2.70. The second-order valence-electron chi connectivity index (χ2n) is 7.70.